The Balaban J connectivity index is 1.05. The van der Waals surface area contributed by atoms with Gasteiger partial charge in [-0.25, -0.2) is 0 Å². The van der Waals surface area contributed by atoms with Crippen LogP contribution in [0.4, 0.5) is 34.1 Å². The molecular weight excluding hydrogens is 909 g/mol. The Bertz CT molecular complexity index is 3990. The number of hydrogen-bond acceptors (Lipinski definition) is 2. The molecule has 11 aromatic rings. The highest BCUT2D eigenvalue weighted by molar-refractivity contribution is 6.88. The van der Waals surface area contributed by atoms with Crippen molar-refractivity contribution >= 4 is 79.7 Å². The van der Waals surface area contributed by atoms with Gasteiger partial charge in [0.25, 0.3) is 0 Å². The predicted octanol–water partition coefficient (Wildman–Crippen LogP) is 19.5. The Morgan fingerprint density at radius 2 is 0.811 bits per heavy atom. The highest BCUT2D eigenvalue weighted by atomic mass is 28.3. The molecule has 2 aliphatic carbocycles. The highest BCUT2D eigenvalue weighted by Gasteiger charge is 2.53. The normalized spacial score (nSPS) is 14.5. The Labute approximate surface area is 438 Å². The summed E-state index contributed by atoms with van der Waals surface area (Å²) in [6.07, 6.45) is 0. The summed E-state index contributed by atoms with van der Waals surface area (Å²) in [5.41, 5.74) is 20.9. The van der Waals surface area contributed by atoms with Crippen molar-refractivity contribution in [3.8, 4) is 22.3 Å². The minimum atomic E-state index is -1.51. The monoisotopic (exact) mass is 970 g/mol. The van der Waals surface area contributed by atoms with Crippen molar-refractivity contribution in [2.75, 3.05) is 9.80 Å². The molecule has 3 heteroatoms. The molecule has 360 valence electrons. The quantitative estimate of drug-likeness (QED) is 0.133. The van der Waals surface area contributed by atoms with Gasteiger partial charge in [0.05, 0.1) is 13.5 Å². The van der Waals surface area contributed by atoms with Crippen molar-refractivity contribution in [3.63, 3.8) is 0 Å². The summed E-state index contributed by atoms with van der Waals surface area (Å²) >= 11 is 0. The molecule has 0 radical (unpaired) electrons. The lowest BCUT2D eigenvalue weighted by atomic mass is 9.68. The van der Waals surface area contributed by atoms with E-state index in [1.807, 2.05) is 0 Å². The largest absolute Gasteiger partial charge is 0.310 e. The minimum absolute atomic E-state index is 0.455. The van der Waals surface area contributed by atoms with Gasteiger partial charge >= 0.3 is 0 Å². The lowest BCUT2D eigenvalue weighted by Crippen LogP contribution is -2.37. The van der Waals surface area contributed by atoms with E-state index in [0.717, 1.165) is 28.4 Å². The van der Waals surface area contributed by atoms with Crippen LogP contribution < -0.4 is 15.0 Å². The molecule has 0 aromatic heterocycles. The van der Waals surface area contributed by atoms with Crippen molar-refractivity contribution in [2.45, 2.75) is 71.5 Å². The van der Waals surface area contributed by atoms with Gasteiger partial charge in [-0.05, 0) is 180 Å². The molecule has 0 saturated heterocycles. The van der Waals surface area contributed by atoms with Crippen LogP contribution in [0.3, 0.4) is 0 Å². The molecule has 0 fully saturated rings. The summed E-state index contributed by atoms with van der Waals surface area (Å²) in [7, 11) is -1.51. The van der Waals surface area contributed by atoms with Gasteiger partial charge in [0.1, 0.15) is 0 Å². The molecule has 0 N–H and O–H groups in total. The maximum Gasteiger partial charge on any atom is 0.0775 e. The van der Waals surface area contributed by atoms with E-state index in [2.05, 4.69) is 282 Å². The van der Waals surface area contributed by atoms with Crippen LogP contribution in [-0.4, -0.2) is 8.07 Å². The zero-order valence-corrected chi connectivity index (χ0v) is 44.8. The van der Waals surface area contributed by atoms with E-state index < -0.39 is 13.5 Å². The first-order valence-corrected chi connectivity index (χ1v) is 30.1. The van der Waals surface area contributed by atoms with E-state index in [-0.39, 0.29) is 0 Å². The fourth-order valence-corrected chi connectivity index (χ4v) is 13.8. The zero-order chi connectivity index (χ0) is 50.6. The SMILES string of the molecule is Cc1ccc(N(c2ccc(C(C)C)cc2)c2ccc3c4c(ccc3c2)-c2ccc3cc(N(c5ccc(C(C)C)cc5)c5ccc([Si](C)(C)C)cc5)ccc3c2C42c3ccccc3-c3c2ccc2ccccc32)cc1. The van der Waals surface area contributed by atoms with Crippen molar-refractivity contribution in [1.82, 2.24) is 0 Å². The van der Waals surface area contributed by atoms with Crippen LogP contribution in [0.15, 0.2) is 218 Å². The summed E-state index contributed by atoms with van der Waals surface area (Å²) < 4.78 is 0. The topological polar surface area (TPSA) is 6.48 Å². The van der Waals surface area contributed by atoms with E-state index >= 15 is 0 Å². The molecule has 1 atom stereocenters. The molecule has 11 aromatic carbocycles. The number of anilines is 6. The average molecular weight is 971 g/mol. The van der Waals surface area contributed by atoms with Gasteiger partial charge in [0, 0.05) is 34.1 Å². The van der Waals surface area contributed by atoms with Crippen molar-refractivity contribution in [2.24, 2.45) is 0 Å². The third-order valence-corrected chi connectivity index (χ3v) is 18.5. The molecule has 2 nitrogen and oxygen atoms in total. The van der Waals surface area contributed by atoms with Gasteiger partial charge in [-0.15, -0.1) is 0 Å². The third kappa shape index (κ3) is 7.12. The maximum absolute atomic E-state index is 2.46. The van der Waals surface area contributed by atoms with Gasteiger partial charge in [0.15, 0.2) is 0 Å². The lowest BCUT2D eigenvalue weighted by Gasteiger charge is -2.33. The van der Waals surface area contributed by atoms with Crippen LogP contribution in [0.1, 0.15) is 78.5 Å². The van der Waals surface area contributed by atoms with Crippen LogP contribution in [-0.2, 0) is 5.41 Å². The molecule has 13 rings (SSSR count). The Morgan fingerprint density at radius 3 is 1.32 bits per heavy atom. The van der Waals surface area contributed by atoms with Gasteiger partial charge in [-0.3, -0.25) is 0 Å². The second-order valence-electron chi connectivity index (χ2n) is 22.6. The van der Waals surface area contributed by atoms with Crippen molar-refractivity contribution in [1.29, 1.82) is 0 Å². The Morgan fingerprint density at radius 1 is 0.365 bits per heavy atom. The summed E-state index contributed by atoms with van der Waals surface area (Å²) in [6, 6.07) is 83.9. The fourth-order valence-electron chi connectivity index (χ4n) is 12.6. The lowest BCUT2D eigenvalue weighted by molar-refractivity contribution is 0.810. The van der Waals surface area contributed by atoms with Gasteiger partial charge in [-0.2, -0.15) is 0 Å². The average Bonchev–Trinajstić information content (AvgIpc) is 3.96. The van der Waals surface area contributed by atoms with Gasteiger partial charge in [-0.1, -0.05) is 204 Å². The van der Waals surface area contributed by atoms with E-state index in [9.17, 15) is 0 Å². The van der Waals surface area contributed by atoms with Crippen LogP contribution >= 0.6 is 0 Å². The molecule has 1 unspecified atom stereocenters. The molecular formula is C71H62N2Si. The van der Waals surface area contributed by atoms with E-state index in [1.165, 1.54) is 104 Å². The summed E-state index contributed by atoms with van der Waals surface area (Å²) in [4.78, 5) is 4.87. The van der Waals surface area contributed by atoms with E-state index in [0.29, 0.717) is 11.8 Å². The molecule has 0 aliphatic heterocycles. The molecule has 0 amide bonds. The molecule has 74 heavy (non-hydrogen) atoms. The van der Waals surface area contributed by atoms with Crippen molar-refractivity contribution in [3.05, 3.63) is 257 Å². The number of rotatable bonds is 9. The molecule has 2 aliphatic rings. The first-order chi connectivity index (χ1) is 35.9. The zero-order valence-electron chi connectivity index (χ0n) is 43.8. The van der Waals surface area contributed by atoms with Crippen LogP contribution in [0.25, 0.3) is 54.6 Å². The number of aryl methyl sites for hydroxylation is 1. The number of hydrogen-bond donors (Lipinski definition) is 0. The standard InChI is InChI=1S/C71H62N2Si/c1-45(2)48-19-28-54(29-20-48)72(53-26-17-47(5)18-27-53)57-34-40-61-51(43-57)23-38-63-64-39-24-52-44-58(73(55-30-21-49(22-31-55)46(3)4)56-32-36-59(37-33-56)74(6,7)8)35-41-62(52)70(64)71(69(61)63)66-16-12-11-15-65(66)68-60-14-10-9-13-50(60)25-42-67(68)71/h9-46H,1-8H3. The summed E-state index contributed by atoms with van der Waals surface area (Å²) in [6.45, 7) is 18.5. The van der Waals surface area contributed by atoms with E-state index in [4.69, 9.17) is 0 Å². The number of fused-ring (bicyclic) bond motifs is 16. The third-order valence-electron chi connectivity index (χ3n) is 16.4. The first kappa shape index (κ1) is 45.8. The predicted molar refractivity (Wildman–Crippen MR) is 321 cm³/mol. The number of nitrogens with zero attached hydrogens (tertiary/aromatic N) is 2. The molecule has 0 heterocycles. The van der Waals surface area contributed by atoms with Crippen molar-refractivity contribution < 1.29 is 0 Å². The second-order valence-corrected chi connectivity index (χ2v) is 27.7. The summed E-state index contributed by atoms with van der Waals surface area (Å²) in [5, 5.41) is 9.03. The molecule has 1 spiro atoms. The van der Waals surface area contributed by atoms with Crippen LogP contribution in [0.5, 0.6) is 0 Å². The Kier molecular flexibility index (Phi) is 10.7. The summed E-state index contributed by atoms with van der Waals surface area (Å²) in [5.74, 6) is 0.913. The van der Waals surface area contributed by atoms with Crippen LogP contribution in [0.2, 0.25) is 19.6 Å². The smallest absolute Gasteiger partial charge is 0.0775 e. The number of benzene rings is 11. The van der Waals surface area contributed by atoms with E-state index in [1.54, 1.807) is 0 Å². The Hall–Kier alpha value is -7.98. The van der Waals surface area contributed by atoms with Gasteiger partial charge < -0.3 is 9.80 Å². The van der Waals surface area contributed by atoms with Gasteiger partial charge in [0.2, 0.25) is 0 Å². The first-order valence-electron chi connectivity index (χ1n) is 26.6. The van der Waals surface area contributed by atoms with Crippen LogP contribution in [0, 0.1) is 6.92 Å². The molecule has 0 bridgehead atoms. The highest BCUT2D eigenvalue weighted by Crippen LogP contribution is 2.66. The second kappa shape index (κ2) is 17.3. The molecule has 0 saturated carbocycles. The fraction of sp³-hybridized carbons (Fsp3) is 0.155. The minimum Gasteiger partial charge on any atom is -0.310 e. The maximum atomic E-state index is 2.46.